The molecule has 0 saturated heterocycles. The molecule has 0 aliphatic carbocycles. The van der Waals surface area contributed by atoms with Crippen molar-refractivity contribution in [3.05, 3.63) is 83.1 Å². The number of rotatable bonds is 8. The Kier molecular flexibility index (Phi) is 7.73. The predicted molar refractivity (Wildman–Crippen MR) is 129 cm³/mol. The van der Waals surface area contributed by atoms with Crippen molar-refractivity contribution in [2.24, 2.45) is 0 Å². The third-order valence-corrected chi connectivity index (χ3v) is 6.04. The Hall–Kier alpha value is -3.36. The van der Waals surface area contributed by atoms with Crippen molar-refractivity contribution >= 4 is 5.91 Å². The average molecular weight is 482 g/mol. The Bertz CT molecular complexity index is 1180. The normalized spacial score (nSPS) is 16.7. The number of halogens is 2. The quantitative estimate of drug-likeness (QED) is 0.455. The number of nitrogens with one attached hydrogen (secondary N) is 2. The number of pyridine rings is 1. The Balaban J connectivity index is 1.49. The zero-order chi connectivity index (χ0) is 24.9. The molecular formula is C27H29F2N3O3. The fourth-order valence-electron chi connectivity index (χ4n) is 4.40. The van der Waals surface area contributed by atoms with Crippen molar-refractivity contribution in [1.29, 1.82) is 0 Å². The highest BCUT2D eigenvalue weighted by atomic mass is 19.1. The highest BCUT2D eigenvalue weighted by Crippen LogP contribution is 2.35. The van der Waals surface area contributed by atoms with E-state index in [-0.39, 0.29) is 24.9 Å². The number of benzene rings is 2. The van der Waals surface area contributed by atoms with Crippen molar-refractivity contribution in [3.8, 4) is 17.0 Å². The third-order valence-electron chi connectivity index (χ3n) is 6.04. The maximum Gasteiger partial charge on any atom is 0.217 e. The van der Waals surface area contributed by atoms with Crippen LogP contribution in [0.4, 0.5) is 8.78 Å². The lowest BCUT2D eigenvalue weighted by atomic mass is 9.96. The highest BCUT2D eigenvalue weighted by molar-refractivity contribution is 5.73. The monoisotopic (exact) mass is 481 g/mol. The standard InChI is InChI=1S/C27H29F2N3O3/c1-16-4-3-5-23(31-16)19-6-7-27-22(13-19)24(8-9-35-27)30-15-26(34)25(32-17(2)33)12-18-10-20(28)14-21(29)11-18/h3-7,10-11,13-14,24-26,30,34H,8-9,12,15H2,1-2H3,(H,32,33). The molecule has 0 fully saturated rings. The lowest BCUT2D eigenvalue weighted by Gasteiger charge is -2.30. The first-order chi connectivity index (χ1) is 16.8. The van der Waals surface area contributed by atoms with Gasteiger partial charge in [-0.2, -0.15) is 0 Å². The molecule has 3 aromatic rings. The summed E-state index contributed by atoms with van der Waals surface area (Å²) in [6.07, 6.45) is -0.201. The number of fused-ring (bicyclic) bond motifs is 1. The van der Waals surface area contributed by atoms with Gasteiger partial charge in [0, 0.05) is 48.8 Å². The second kappa shape index (κ2) is 10.9. The number of aromatic nitrogens is 1. The van der Waals surface area contributed by atoms with Gasteiger partial charge in [-0.3, -0.25) is 9.78 Å². The molecule has 2 aromatic carbocycles. The molecule has 3 N–H and O–H groups in total. The molecule has 3 atom stereocenters. The van der Waals surface area contributed by atoms with E-state index in [2.05, 4.69) is 15.6 Å². The fourth-order valence-corrected chi connectivity index (χ4v) is 4.40. The molecule has 2 heterocycles. The van der Waals surface area contributed by atoms with Crippen LogP contribution in [0.1, 0.15) is 36.2 Å². The van der Waals surface area contributed by atoms with E-state index < -0.39 is 23.8 Å². The molecule has 1 amide bonds. The van der Waals surface area contributed by atoms with Gasteiger partial charge in [-0.1, -0.05) is 6.07 Å². The Labute approximate surface area is 203 Å². The van der Waals surface area contributed by atoms with Crippen LogP contribution in [-0.4, -0.2) is 41.3 Å². The van der Waals surface area contributed by atoms with Crippen LogP contribution in [0, 0.1) is 18.6 Å². The largest absolute Gasteiger partial charge is 0.493 e. The number of carbonyl (C=O) groups is 1. The molecule has 8 heteroatoms. The van der Waals surface area contributed by atoms with Gasteiger partial charge in [-0.05, 0) is 61.4 Å². The number of aliphatic hydroxyl groups is 1. The van der Waals surface area contributed by atoms with E-state index in [1.165, 1.54) is 19.1 Å². The average Bonchev–Trinajstić information content (AvgIpc) is 2.81. The molecular weight excluding hydrogens is 452 g/mol. The number of hydrogen-bond donors (Lipinski definition) is 3. The minimum atomic E-state index is -0.988. The van der Waals surface area contributed by atoms with Crippen LogP contribution in [0.5, 0.6) is 5.75 Å². The Morgan fingerprint density at radius 2 is 1.94 bits per heavy atom. The van der Waals surface area contributed by atoms with Gasteiger partial charge in [0.25, 0.3) is 0 Å². The van der Waals surface area contributed by atoms with Gasteiger partial charge < -0.3 is 20.5 Å². The smallest absolute Gasteiger partial charge is 0.217 e. The van der Waals surface area contributed by atoms with E-state index in [4.69, 9.17) is 4.74 Å². The first kappa shape index (κ1) is 24.8. The second-order valence-electron chi connectivity index (χ2n) is 8.87. The summed E-state index contributed by atoms with van der Waals surface area (Å²) in [6.45, 7) is 3.98. The van der Waals surface area contributed by atoms with E-state index in [1.54, 1.807) is 0 Å². The zero-order valence-corrected chi connectivity index (χ0v) is 19.7. The summed E-state index contributed by atoms with van der Waals surface area (Å²) < 4.78 is 33.1. The zero-order valence-electron chi connectivity index (χ0n) is 19.7. The van der Waals surface area contributed by atoms with E-state index in [1.807, 2.05) is 43.3 Å². The topological polar surface area (TPSA) is 83.5 Å². The number of aryl methyl sites for hydroxylation is 1. The molecule has 1 aliphatic heterocycles. The molecule has 0 bridgehead atoms. The number of ether oxygens (including phenoxy) is 1. The van der Waals surface area contributed by atoms with Gasteiger partial charge in [0.1, 0.15) is 17.4 Å². The second-order valence-corrected chi connectivity index (χ2v) is 8.87. The van der Waals surface area contributed by atoms with Crippen molar-refractivity contribution in [2.75, 3.05) is 13.2 Å². The maximum atomic E-state index is 13.6. The molecule has 3 unspecified atom stereocenters. The van der Waals surface area contributed by atoms with Crippen LogP contribution < -0.4 is 15.4 Å². The van der Waals surface area contributed by atoms with Crippen LogP contribution >= 0.6 is 0 Å². The van der Waals surface area contributed by atoms with Crippen LogP contribution in [0.2, 0.25) is 0 Å². The molecule has 1 aliphatic rings. The number of hydrogen-bond acceptors (Lipinski definition) is 5. The van der Waals surface area contributed by atoms with E-state index in [0.717, 1.165) is 34.3 Å². The molecule has 184 valence electrons. The van der Waals surface area contributed by atoms with Crippen molar-refractivity contribution < 1.29 is 23.4 Å². The number of amides is 1. The molecule has 0 radical (unpaired) electrons. The summed E-state index contributed by atoms with van der Waals surface area (Å²) >= 11 is 0. The van der Waals surface area contributed by atoms with Crippen molar-refractivity contribution in [3.63, 3.8) is 0 Å². The van der Waals surface area contributed by atoms with Crippen LogP contribution in [0.3, 0.4) is 0 Å². The van der Waals surface area contributed by atoms with Gasteiger partial charge in [0.05, 0.1) is 24.4 Å². The lowest BCUT2D eigenvalue weighted by molar-refractivity contribution is -0.120. The number of nitrogens with zero attached hydrogens (tertiary/aromatic N) is 1. The minimum absolute atomic E-state index is 0.0808. The highest BCUT2D eigenvalue weighted by Gasteiger charge is 2.26. The van der Waals surface area contributed by atoms with Crippen LogP contribution in [0.15, 0.2) is 54.6 Å². The van der Waals surface area contributed by atoms with Crippen molar-refractivity contribution in [1.82, 2.24) is 15.6 Å². The minimum Gasteiger partial charge on any atom is -0.493 e. The molecule has 35 heavy (non-hydrogen) atoms. The molecule has 4 rings (SSSR count). The summed E-state index contributed by atoms with van der Waals surface area (Å²) in [5.74, 6) is -0.968. The molecule has 0 saturated carbocycles. The maximum absolute atomic E-state index is 13.6. The summed E-state index contributed by atoms with van der Waals surface area (Å²) in [5, 5.41) is 17.0. The van der Waals surface area contributed by atoms with Gasteiger partial charge in [-0.25, -0.2) is 8.78 Å². The number of carbonyl (C=O) groups excluding carboxylic acids is 1. The first-order valence-electron chi connectivity index (χ1n) is 11.6. The van der Waals surface area contributed by atoms with Gasteiger partial charge in [0.2, 0.25) is 5.91 Å². The van der Waals surface area contributed by atoms with Crippen LogP contribution in [-0.2, 0) is 11.2 Å². The van der Waals surface area contributed by atoms with Crippen LogP contribution in [0.25, 0.3) is 11.3 Å². The SMILES string of the molecule is CC(=O)NC(Cc1cc(F)cc(F)c1)C(O)CNC1CCOc2ccc(-c3cccc(C)n3)cc21. The third kappa shape index (κ3) is 6.41. The molecule has 0 spiro atoms. The summed E-state index contributed by atoms with van der Waals surface area (Å²) in [7, 11) is 0. The first-order valence-corrected chi connectivity index (χ1v) is 11.6. The summed E-state index contributed by atoms with van der Waals surface area (Å²) in [6, 6.07) is 14.2. The fraction of sp³-hybridized carbons (Fsp3) is 0.333. The van der Waals surface area contributed by atoms with E-state index in [9.17, 15) is 18.7 Å². The molecule has 6 nitrogen and oxygen atoms in total. The predicted octanol–water partition coefficient (Wildman–Crippen LogP) is 3.86. The summed E-state index contributed by atoms with van der Waals surface area (Å²) in [4.78, 5) is 16.3. The van der Waals surface area contributed by atoms with E-state index in [0.29, 0.717) is 18.6 Å². The van der Waals surface area contributed by atoms with E-state index >= 15 is 0 Å². The summed E-state index contributed by atoms with van der Waals surface area (Å²) in [5.41, 5.74) is 4.08. The van der Waals surface area contributed by atoms with Gasteiger partial charge >= 0.3 is 0 Å². The molecule has 1 aromatic heterocycles. The Morgan fingerprint density at radius 1 is 1.17 bits per heavy atom. The lowest BCUT2D eigenvalue weighted by Crippen LogP contribution is -2.48. The Morgan fingerprint density at radius 3 is 2.66 bits per heavy atom. The number of aliphatic hydroxyl groups excluding tert-OH is 1. The van der Waals surface area contributed by atoms with Gasteiger partial charge in [-0.15, -0.1) is 0 Å². The van der Waals surface area contributed by atoms with Crippen molar-refractivity contribution in [2.45, 2.75) is 44.9 Å². The van der Waals surface area contributed by atoms with Gasteiger partial charge in [0.15, 0.2) is 0 Å².